The lowest BCUT2D eigenvalue weighted by Crippen LogP contribution is -2.33. The standard InChI is InChI=1S/C25H27FN2O2/c1-19(23-11-3-4-12-24(23)30-2)28(18-22-10-5-6-15-27-22)25(29)14-13-20-8-7-9-21(16-20)17-26/h3-12,15-16,19H,13-14,17-18H2,1-2H3/t19-/m1/s1. The number of pyridine rings is 1. The van der Waals surface area contributed by atoms with E-state index in [-0.39, 0.29) is 11.9 Å². The number of amides is 1. The van der Waals surface area contributed by atoms with Crippen LogP contribution in [0.15, 0.2) is 72.9 Å². The summed E-state index contributed by atoms with van der Waals surface area (Å²) in [5, 5.41) is 0. The van der Waals surface area contributed by atoms with Crippen molar-refractivity contribution in [1.82, 2.24) is 9.88 Å². The van der Waals surface area contributed by atoms with Crippen molar-refractivity contribution in [3.8, 4) is 5.75 Å². The van der Waals surface area contributed by atoms with Crippen molar-refractivity contribution in [3.63, 3.8) is 0 Å². The fourth-order valence-corrected chi connectivity index (χ4v) is 3.55. The van der Waals surface area contributed by atoms with Gasteiger partial charge in [-0.3, -0.25) is 9.78 Å². The number of aromatic nitrogens is 1. The van der Waals surface area contributed by atoms with Crippen LogP contribution in [-0.4, -0.2) is 22.9 Å². The topological polar surface area (TPSA) is 42.4 Å². The quantitative estimate of drug-likeness (QED) is 0.485. The van der Waals surface area contributed by atoms with Crippen molar-refractivity contribution in [3.05, 3.63) is 95.3 Å². The van der Waals surface area contributed by atoms with E-state index in [4.69, 9.17) is 4.74 Å². The number of hydrogen-bond donors (Lipinski definition) is 0. The molecule has 3 aromatic rings. The van der Waals surface area contributed by atoms with Gasteiger partial charge in [0.25, 0.3) is 0 Å². The van der Waals surface area contributed by atoms with Crippen LogP contribution in [0.2, 0.25) is 0 Å². The molecule has 4 nitrogen and oxygen atoms in total. The van der Waals surface area contributed by atoms with Crippen LogP contribution in [0.25, 0.3) is 0 Å². The molecule has 1 amide bonds. The van der Waals surface area contributed by atoms with Gasteiger partial charge >= 0.3 is 0 Å². The zero-order valence-corrected chi connectivity index (χ0v) is 17.4. The number of benzene rings is 2. The van der Waals surface area contributed by atoms with Gasteiger partial charge in [-0.2, -0.15) is 0 Å². The van der Waals surface area contributed by atoms with Crippen molar-refractivity contribution in [2.75, 3.05) is 7.11 Å². The molecule has 3 rings (SSSR count). The van der Waals surface area contributed by atoms with Crippen molar-refractivity contribution in [2.24, 2.45) is 0 Å². The van der Waals surface area contributed by atoms with Crippen molar-refractivity contribution < 1.29 is 13.9 Å². The zero-order chi connectivity index (χ0) is 21.3. The Labute approximate surface area is 177 Å². The number of ether oxygens (including phenoxy) is 1. The Morgan fingerprint density at radius 2 is 1.83 bits per heavy atom. The molecule has 0 aliphatic heterocycles. The minimum absolute atomic E-state index is 0.0183. The van der Waals surface area contributed by atoms with Gasteiger partial charge < -0.3 is 9.64 Å². The summed E-state index contributed by atoms with van der Waals surface area (Å²) < 4.78 is 18.5. The molecule has 1 heterocycles. The number of methoxy groups -OCH3 is 1. The third kappa shape index (κ3) is 5.44. The Balaban J connectivity index is 1.81. The van der Waals surface area contributed by atoms with E-state index >= 15 is 0 Å². The number of hydrogen-bond acceptors (Lipinski definition) is 3. The zero-order valence-electron chi connectivity index (χ0n) is 17.4. The Bertz CT molecular complexity index is 962. The summed E-state index contributed by atoms with van der Waals surface area (Å²) in [5.74, 6) is 0.768. The van der Waals surface area contributed by atoms with Gasteiger partial charge in [0, 0.05) is 18.2 Å². The molecule has 0 unspecified atom stereocenters. The fourth-order valence-electron chi connectivity index (χ4n) is 3.55. The van der Waals surface area contributed by atoms with Crippen LogP contribution >= 0.6 is 0 Å². The van der Waals surface area contributed by atoms with E-state index in [0.29, 0.717) is 24.9 Å². The van der Waals surface area contributed by atoms with Gasteiger partial charge in [-0.25, -0.2) is 4.39 Å². The second-order valence-electron chi connectivity index (χ2n) is 7.21. The van der Waals surface area contributed by atoms with E-state index in [2.05, 4.69) is 4.98 Å². The molecule has 0 saturated heterocycles. The first-order valence-corrected chi connectivity index (χ1v) is 10.1. The highest BCUT2D eigenvalue weighted by molar-refractivity contribution is 5.77. The van der Waals surface area contributed by atoms with Gasteiger partial charge in [0.15, 0.2) is 0 Å². The number of rotatable bonds is 9. The molecule has 0 aliphatic carbocycles. The van der Waals surface area contributed by atoms with E-state index < -0.39 is 6.67 Å². The molecule has 1 atom stereocenters. The Morgan fingerprint density at radius 1 is 1.07 bits per heavy atom. The van der Waals surface area contributed by atoms with Crippen molar-refractivity contribution in [1.29, 1.82) is 0 Å². The van der Waals surface area contributed by atoms with E-state index in [1.807, 2.05) is 72.5 Å². The van der Waals surface area contributed by atoms with E-state index in [1.54, 1.807) is 19.4 Å². The first-order valence-electron chi connectivity index (χ1n) is 10.1. The molecule has 0 aliphatic rings. The van der Waals surface area contributed by atoms with Crippen LogP contribution in [0, 0.1) is 0 Å². The SMILES string of the molecule is COc1ccccc1[C@@H](C)N(Cc1ccccn1)C(=O)CCc1cccc(CF)c1. The number of para-hydroxylation sites is 1. The number of nitrogens with zero attached hydrogens (tertiary/aromatic N) is 2. The maximum atomic E-state index is 13.3. The van der Waals surface area contributed by atoms with Gasteiger partial charge in [0.05, 0.1) is 25.4 Å². The monoisotopic (exact) mass is 406 g/mol. The summed E-state index contributed by atoms with van der Waals surface area (Å²) in [6.07, 6.45) is 2.63. The third-order valence-corrected chi connectivity index (χ3v) is 5.21. The maximum Gasteiger partial charge on any atom is 0.223 e. The molecular weight excluding hydrogens is 379 g/mol. The van der Waals surface area contributed by atoms with Crippen molar-refractivity contribution >= 4 is 5.91 Å². The van der Waals surface area contributed by atoms with E-state index in [9.17, 15) is 9.18 Å². The Kier molecular flexibility index (Phi) is 7.55. The highest BCUT2D eigenvalue weighted by atomic mass is 19.1. The first kappa shape index (κ1) is 21.5. The molecule has 1 aromatic heterocycles. The van der Waals surface area contributed by atoms with Crippen LogP contribution in [0.4, 0.5) is 4.39 Å². The van der Waals surface area contributed by atoms with Crippen LogP contribution in [-0.2, 0) is 24.4 Å². The largest absolute Gasteiger partial charge is 0.496 e. The Morgan fingerprint density at radius 3 is 2.57 bits per heavy atom. The van der Waals surface area contributed by atoms with E-state index in [0.717, 1.165) is 22.6 Å². The Hall–Kier alpha value is -3.21. The highest BCUT2D eigenvalue weighted by Gasteiger charge is 2.24. The molecule has 0 N–H and O–H groups in total. The third-order valence-electron chi connectivity index (χ3n) is 5.21. The summed E-state index contributed by atoms with van der Waals surface area (Å²) >= 11 is 0. The lowest BCUT2D eigenvalue weighted by molar-refractivity contribution is -0.134. The average Bonchev–Trinajstić information content (AvgIpc) is 2.81. The van der Waals surface area contributed by atoms with Crippen LogP contribution < -0.4 is 4.74 Å². The lowest BCUT2D eigenvalue weighted by atomic mass is 10.0. The number of aryl methyl sites for hydroxylation is 1. The van der Waals surface area contributed by atoms with Crippen molar-refractivity contribution in [2.45, 2.75) is 39.0 Å². The van der Waals surface area contributed by atoms with Crippen LogP contribution in [0.5, 0.6) is 5.75 Å². The first-order chi connectivity index (χ1) is 14.6. The van der Waals surface area contributed by atoms with Gasteiger partial charge in [-0.05, 0) is 42.7 Å². The van der Waals surface area contributed by atoms with E-state index in [1.165, 1.54) is 0 Å². The molecule has 0 bridgehead atoms. The highest BCUT2D eigenvalue weighted by Crippen LogP contribution is 2.30. The summed E-state index contributed by atoms with van der Waals surface area (Å²) in [4.78, 5) is 19.5. The second-order valence-corrected chi connectivity index (χ2v) is 7.21. The molecule has 30 heavy (non-hydrogen) atoms. The normalized spacial score (nSPS) is 11.7. The number of carbonyl (C=O) groups excluding carboxylic acids is 1. The fraction of sp³-hybridized carbons (Fsp3) is 0.280. The maximum absolute atomic E-state index is 13.3. The number of halogens is 1. The number of carbonyl (C=O) groups is 1. The summed E-state index contributed by atoms with van der Waals surface area (Å²) in [6.45, 7) is 1.91. The molecule has 0 radical (unpaired) electrons. The van der Waals surface area contributed by atoms with Gasteiger partial charge in [-0.1, -0.05) is 48.5 Å². The molecule has 2 aromatic carbocycles. The summed E-state index contributed by atoms with van der Waals surface area (Å²) in [5.41, 5.74) is 3.37. The average molecular weight is 407 g/mol. The minimum Gasteiger partial charge on any atom is -0.496 e. The van der Waals surface area contributed by atoms with Gasteiger partial charge in [0.2, 0.25) is 5.91 Å². The van der Waals surface area contributed by atoms with Gasteiger partial charge in [-0.15, -0.1) is 0 Å². The molecule has 0 spiro atoms. The molecule has 0 saturated carbocycles. The summed E-state index contributed by atoms with van der Waals surface area (Å²) in [7, 11) is 1.63. The molecule has 0 fully saturated rings. The lowest BCUT2D eigenvalue weighted by Gasteiger charge is -2.30. The second kappa shape index (κ2) is 10.5. The molecule has 5 heteroatoms. The predicted molar refractivity (Wildman–Crippen MR) is 116 cm³/mol. The molecule has 156 valence electrons. The predicted octanol–water partition coefficient (Wildman–Crippen LogP) is 5.28. The minimum atomic E-state index is -0.502. The summed E-state index contributed by atoms with van der Waals surface area (Å²) in [6, 6.07) is 20.6. The molecular formula is C25H27FN2O2. The van der Waals surface area contributed by atoms with Crippen LogP contribution in [0.3, 0.4) is 0 Å². The van der Waals surface area contributed by atoms with Gasteiger partial charge in [0.1, 0.15) is 12.4 Å². The van der Waals surface area contributed by atoms with Crippen LogP contribution in [0.1, 0.15) is 41.8 Å². The number of alkyl halides is 1. The smallest absolute Gasteiger partial charge is 0.223 e.